The largest absolute Gasteiger partial charge is 0.454 e. The Hall–Kier alpha value is -2.36. The molecule has 2 fully saturated rings. The Morgan fingerprint density at radius 3 is 2.74 bits per heavy atom. The molecule has 3 heterocycles. The van der Waals surface area contributed by atoms with Crippen LogP contribution >= 0.6 is 34.5 Å². The van der Waals surface area contributed by atoms with E-state index in [2.05, 4.69) is 15.2 Å². The maximum absolute atomic E-state index is 13.3. The Labute approximate surface area is 216 Å². The molecular formula is C25H23Cl2N3O4S. The van der Waals surface area contributed by atoms with Crippen LogP contribution in [0.3, 0.4) is 0 Å². The summed E-state index contributed by atoms with van der Waals surface area (Å²) < 4.78 is 10.9. The number of aromatic nitrogens is 1. The highest BCUT2D eigenvalue weighted by molar-refractivity contribution is 7.15. The molecule has 1 amide bonds. The third-order valence-corrected chi connectivity index (χ3v) is 8.65. The molecule has 35 heavy (non-hydrogen) atoms. The van der Waals surface area contributed by atoms with Crippen LogP contribution in [-0.4, -0.2) is 46.9 Å². The number of amides is 1. The predicted molar refractivity (Wildman–Crippen MR) is 135 cm³/mol. The first-order valence-corrected chi connectivity index (χ1v) is 13.0. The van der Waals surface area contributed by atoms with Gasteiger partial charge in [-0.05, 0) is 54.7 Å². The third-order valence-electron chi connectivity index (χ3n) is 6.94. The molecule has 0 spiro atoms. The molecule has 0 unspecified atom stereocenters. The van der Waals surface area contributed by atoms with E-state index >= 15 is 0 Å². The molecule has 0 bridgehead atoms. The number of likely N-dealkylation sites (tertiary alicyclic amines) is 1. The molecule has 1 aliphatic carbocycles. The zero-order valence-electron chi connectivity index (χ0n) is 18.7. The Morgan fingerprint density at radius 2 is 2.00 bits per heavy atom. The highest BCUT2D eigenvalue weighted by Gasteiger charge is 2.52. The van der Waals surface area contributed by atoms with Crippen molar-refractivity contribution in [2.24, 2.45) is 0 Å². The maximum atomic E-state index is 13.3. The van der Waals surface area contributed by atoms with Crippen molar-refractivity contribution in [1.29, 1.82) is 0 Å². The van der Waals surface area contributed by atoms with E-state index < -0.39 is 5.41 Å². The first kappa shape index (κ1) is 23.1. The molecule has 2 aromatic carbocycles. The normalized spacial score (nSPS) is 21.2. The molecule has 2 aliphatic heterocycles. The standard InChI is InChI=1S/C25H23Cl2N3O4S/c26-17-3-1-14(9-18(17)27)22(30-8-5-16(31)12-30)21-11-28-24(35-21)29-23(32)25(6-7-25)15-2-4-19-20(10-15)34-13-33-19/h1-4,9-11,16,22,31H,5-8,12-13H2,(H,28,29,32)/t16-,22-/m0/s1. The molecule has 1 saturated heterocycles. The monoisotopic (exact) mass is 531 g/mol. The van der Waals surface area contributed by atoms with Crippen LogP contribution in [0.2, 0.25) is 10.0 Å². The number of nitrogens with zero attached hydrogens (tertiary/aromatic N) is 2. The quantitative estimate of drug-likeness (QED) is 0.465. The van der Waals surface area contributed by atoms with Crippen LogP contribution < -0.4 is 14.8 Å². The van der Waals surface area contributed by atoms with Gasteiger partial charge < -0.3 is 19.9 Å². The number of hydrogen-bond acceptors (Lipinski definition) is 7. The van der Waals surface area contributed by atoms with Gasteiger partial charge in [0, 0.05) is 24.2 Å². The minimum absolute atomic E-state index is 0.0695. The van der Waals surface area contributed by atoms with E-state index in [9.17, 15) is 9.90 Å². The van der Waals surface area contributed by atoms with Gasteiger partial charge >= 0.3 is 0 Å². The Morgan fingerprint density at radius 1 is 1.17 bits per heavy atom. The van der Waals surface area contributed by atoms with E-state index in [-0.39, 0.29) is 24.8 Å². The number of thiazole rings is 1. The van der Waals surface area contributed by atoms with Crippen LogP contribution in [0.4, 0.5) is 5.13 Å². The average molecular weight is 532 g/mol. The number of aliphatic hydroxyl groups is 1. The summed E-state index contributed by atoms with van der Waals surface area (Å²) in [4.78, 5) is 21.0. The van der Waals surface area contributed by atoms with Crippen molar-refractivity contribution in [3.8, 4) is 11.5 Å². The molecule has 3 aliphatic rings. The molecular weight excluding hydrogens is 509 g/mol. The molecule has 7 nitrogen and oxygen atoms in total. The molecule has 2 N–H and O–H groups in total. The van der Waals surface area contributed by atoms with Crippen molar-refractivity contribution in [2.75, 3.05) is 25.2 Å². The lowest BCUT2D eigenvalue weighted by Gasteiger charge is -2.27. The number of anilines is 1. The van der Waals surface area contributed by atoms with Gasteiger partial charge in [-0.15, -0.1) is 0 Å². The molecule has 10 heteroatoms. The number of carbonyl (C=O) groups excluding carboxylic acids is 1. The number of halogens is 2. The van der Waals surface area contributed by atoms with Crippen LogP contribution in [0, 0.1) is 0 Å². The lowest BCUT2D eigenvalue weighted by Crippen LogP contribution is -2.28. The number of nitrogens with one attached hydrogen (secondary N) is 1. The summed E-state index contributed by atoms with van der Waals surface area (Å²) in [6.07, 6.45) is 3.67. The lowest BCUT2D eigenvalue weighted by molar-refractivity contribution is -0.118. The first-order chi connectivity index (χ1) is 16.9. The molecule has 182 valence electrons. The van der Waals surface area contributed by atoms with Gasteiger partial charge in [0.2, 0.25) is 12.7 Å². The number of fused-ring (bicyclic) bond motifs is 1. The highest BCUT2D eigenvalue weighted by atomic mass is 35.5. The predicted octanol–water partition coefficient (Wildman–Crippen LogP) is 5.00. The van der Waals surface area contributed by atoms with Gasteiger partial charge in [0.05, 0.1) is 27.6 Å². The fourth-order valence-corrected chi connectivity index (χ4v) is 6.17. The number of β-amino-alcohol motifs (C(OH)–C–C–N with tert-alkyl or cyclic N) is 1. The van der Waals surface area contributed by atoms with Gasteiger partial charge in [-0.25, -0.2) is 4.98 Å². The average Bonchev–Trinajstić information content (AvgIpc) is 3.13. The Balaban J connectivity index is 1.25. The smallest absolute Gasteiger partial charge is 0.236 e. The van der Waals surface area contributed by atoms with Gasteiger partial charge in [-0.3, -0.25) is 9.69 Å². The molecule has 2 atom stereocenters. The van der Waals surface area contributed by atoms with E-state index in [1.165, 1.54) is 11.3 Å². The van der Waals surface area contributed by atoms with Gasteiger partial charge in [0.15, 0.2) is 16.6 Å². The van der Waals surface area contributed by atoms with Crippen molar-refractivity contribution in [3.05, 3.63) is 68.6 Å². The molecule has 1 aromatic heterocycles. The van der Waals surface area contributed by atoms with Crippen LogP contribution in [0.1, 0.15) is 41.3 Å². The second-order valence-electron chi connectivity index (χ2n) is 9.19. The molecule has 6 rings (SSSR count). The Bertz CT molecular complexity index is 1300. The summed E-state index contributed by atoms with van der Waals surface area (Å²) in [5, 5.41) is 14.7. The highest BCUT2D eigenvalue weighted by Crippen LogP contribution is 2.51. The minimum atomic E-state index is -0.574. The second-order valence-corrected chi connectivity index (χ2v) is 11.1. The van der Waals surface area contributed by atoms with E-state index in [4.69, 9.17) is 32.7 Å². The number of rotatable bonds is 6. The molecule has 1 saturated carbocycles. The summed E-state index contributed by atoms with van der Waals surface area (Å²) in [5.41, 5.74) is 1.32. The van der Waals surface area contributed by atoms with Gasteiger partial charge in [0.25, 0.3) is 0 Å². The van der Waals surface area contributed by atoms with Crippen molar-refractivity contribution >= 4 is 45.6 Å². The van der Waals surface area contributed by atoms with E-state index in [1.54, 1.807) is 12.3 Å². The number of benzene rings is 2. The van der Waals surface area contributed by atoms with Crippen LogP contribution in [0.25, 0.3) is 0 Å². The van der Waals surface area contributed by atoms with Crippen molar-refractivity contribution in [3.63, 3.8) is 0 Å². The summed E-state index contributed by atoms with van der Waals surface area (Å²) in [6, 6.07) is 11.1. The minimum Gasteiger partial charge on any atom is -0.454 e. The number of ether oxygens (including phenoxy) is 2. The van der Waals surface area contributed by atoms with Gasteiger partial charge in [-0.1, -0.05) is 46.7 Å². The fourth-order valence-electron chi connectivity index (χ4n) is 4.89. The summed E-state index contributed by atoms with van der Waals surface area (Å²) >= 11 is 13.9. The summed E-state index contributed by atoms with van der Waals surface area (Å²) in [6.45, 7) is 1.50. The lowest BCUT2D eigenvalue weighted by atomic mass is 9.94. The van der Waals surface area contributed by atoms with E-state index in [1.807, 2.05) is 30.3 Å². The van der Waals surface area contributed by atoms with E-state index in [0.717, 1.165) is 35.4 Å². The topological polar surface area (TPSA) is 83.9 Å². The maximum Gasteiger partial charge on any atom is 0.236 e. The zero-order chi connectivity index (χ0) is 24.2. The van der Waals surface area contributed by atoms with Gasteiger partial charge in [-0.2, -0.15) is 0 Å². The fraction of sp³-hybridized carbons (Fsp3) is 0.360. The van der Waals surface area contributed by atoms with Crippen LogP contribution in [-0.2, 0) is 10.2 Å². The summed E-state index contributed by atoms with van der Waals surface area (Å²) in [5.74, 6) is 1.31. The summed E-state index contributed by atoms with van der Waals surface area (Å²) in [7, 11) is 0. The van der Waals surface area contributed by atoms with Gasteiger partial charge in [0.1, 0.15) is 0 Å². The van der Waals surface area contributed by atoms with E-state index in [0.29, 0.717) is 39.6 Å². The van der Waals surface area contributed by atoms with Crippen molar-refractivity contribution in [1.82, 2.24) is 9.88 Å². The first-order valence-electron chi connectivity index (χ1n) is 11.5. The van der Waals surface area contributed by atoms with Crippen molar-refractivity contribution in [2.45, 2.75) is 36.8 Å². The third kappa shape index (κ3) is 4.27. The van der Waals surface area contributed by atoms with Crippen molar-refractivity contribution < 1.29 is 19.4 Å². The number of aliphatic hydroxyl groups excluding tert-OH is 1. The SMILES string of the molecule is O=C(Nc1ncc([C@H](c2ccc(Cl)c(Cl)c2)N2CC[C@H](O)C2)s1)C1(c2ccc3c(c2)OCO3)CC1. The molecule has 0 radical (unpaired) electrons. The Kier molecular flexibility index (Phi) is 5.89. The van der Waals surface area contributed by atoms with Crippen LogP contribution in [0.15, 0.2) is 42.6 Å². The van der Waals surface area contributed by atoms with Crippen LogP contribution in [0.5, 0.6) is 11.5 Å². The zero-order valence-corrected chi connectivity index (χ0v) is 21.0. The second kappa shape index (κ2) is 8.94. The number of hydrogen-bond donors (Lipinski definition) is 2. The number of carbonyl (C=O) groups is 1. The molecule has 3 aromatic rings.